The number of esters is 1. The number of rotatable bonds is 6. The van der Waals surface area contributed by atoms with Crippen LogP contribution in [0.4, 0.5) is 0 Å². The number of phenolic OH excluding ortho intramolecular Hbond substituents is 2. The van der Waals surface area contributed by atoms with Crippen molar-refractivity contribution in [1.29, 1.82) is 0 Å². The van der Waals surface area contributed by atoms with E-state index in [0.29, 0.717) is 22.3 Å². The summed E-state index contributed by atoms with van der Waals surface area (Å²) in [6.07, 6.45) is 0. The summed E-state index contributed by atoms with van der Waals surface area (Å²) >= 11 is 0. The summed E-state index contributed by atoms with van der Waals surface area (Å²) in [7, 11) is 2.92. The van der Waals surface area contributed by atoms with Gasteiger partial charge in [0.15, 0.2) is 23.9 Å². The molecule has 3 rings (SSSR count). The summed E-state index contributed by atoms with van der Waals surface area (Å²) in [5.41, 5.74) is 0.0485. The molecule has 0 atom stereocenters. The molecule has 0 aromatic heterocycles. The van der Waals surface area contributed by atoms with Crippen LogP contribution in [-0.2, 0) is 4.74 Å². The molecular weight excluding hydrogens is 364 g/mol. The van der Waals surface area contributed by atoms with Crippen molar-refractivity contribution in [2.75, 3.05) is 20.8 Å². The Balaban J connectivity index is 1.78. The number of aromatic hydroxyl groups is 2. The van der Waals surface area contributed by atoms with E-state index in [9.17, 15) is 19.8 Å². The van der Waals surface area contributed by atoms with Gasteiger partial charge in [-0.15, -0.1) is 0 Å². The number of ketones is 1. The molecule has 0 amide bonds. The molecule has 0 unspecified atom stereocenters. The van der Waals surface area contributed by atoms with Crippen LogP contribution in [0.25, 0.3) is 10.8 Å². The van der Waals surface area contributed by atoms with Crippen molar-refractivity contribution in [3.05, 3.63) is 59.7 Å². The number of carbonyl (C=O) groups excluding carboxylic acids is 2. The molecule has 144 valence electrons. The lowest BCUT2D eigenvalue weighted by Gasteiger charge is -2.11. The molecule has 7 nitrogen and oxygen atoms in total. The van der Waals surface area contributed by atoms with E-state index in [4.69, 9.17) is 14.2 Å². The van der Waals surface area contributed by atoms with Gasteiger partial charge in [-0.25, -0.2) is 4.79 Å². The minimum Gasteiger partial charge on any atom is -0.507 e. The molecule has 0 aliphatic rings. The molecule has 7 heteroatoms. The highest BCUT2D eigenvalue weighted by Crippen LogP contribution is 2.35. The summed E-state index contributed by atoms with van der Waals surface area (Å²) in [5.74, 6) is -1.04. The number of hydrogen-bond donors (Lipinski definition) is 2. The zero-order chi connectivity index (χ0) is 20.3. The predicted molar refractivity (Wildman–Crippen MR) is 101 cm³/mol. The van der Waals surface area contributed by atoms with Crippen molar-refractivity contribution >= 4 is 22.5 Å². The highest BCUT2D eigenvalue weighted by atomic mass is 16.5. The van der Waals surface area contributed by atoms with Crippen molar-refractivity contribution in [2.24, 2.45) is 0 Å². The lowest BCUT2D eigenvalue weighted by Crippen LogP contribution is -2.14. The standard InChI is InChI=1S/C21H18O7/c1-26-18-8-7-12(9-19(18)27-2)17(23)11-28-21(25)15-10-16(22)13-5-3-4-6-14(13)20(15)24/h3-10,22,24H,11H2,1-2H3. The Morgan fingerprint density at radius 1 is 0.893 bits per heavy atom. The number of methoxy groups -OCH3 is 2. The Morgan fingerprint density at radius 2 is 1.57 bits per heavy atom. The average molecular weight is 382 g/mol. The lowest BCUT2D eigenvalue weighted by atomic mass is 10.0. The van der Waals surface area contributed by atoms with Gasteiger partial charge in [0, 0.05) is 16.3 Å². The average Bonchev–Trinajstić information content (AvgIpc) is 2.73. The molecule has 0 radical (unpaired) electrons. The van der Waals surface area contributed by atoms with Gasteiger partial charge in [-0.1, -0.05) is 24.3 Å². The van der Waals surface area contributed by atoms with E-state index >= 15 is 0 Å². The molecule has 0 bridgehead atoms. The van der Waals surface area contributed by atoms with Gasteiger partial charge in [-0.05, 0) is 24.3 Å². The molecule has 0 fully saturated rings. The Morgan fingerprint density at radius 3 is 2.25 bits per heavy atom. The molecule has 0 aliphatic heterocycles. The Bertz CT molecular complexity index is 1060. The number of carbonyl (C=O) groups is 2. The first kappa shape index (κ1) is 19.0. The van der Waals surface area contributed by atoms with Crippen LogP contribution in [0.2, 0.25) is 0 Å². The summed E-state index contributed by atoms with van der Waals surface area (Å²) in [6.45, 7) is -0.540. The first-order valence-electron chi connectivity index (χ1n) is 8.32. The van der Waals surface area contributed by atoms with Crippen LogP contribution in [0.1, 0.15) is 20.7 Å². The molecule has 3 aromatic carbocycles. The van der Waals surface area contributed by atoms with Gasteiger partial charge in [0.2, 0.25) is 0 Å². The third-order valence-electron chi connectivity index (χ3n) is 4.25. The van der Waals surface area contributed by atoms with Crippen molar-refractivity contribution in [3.63, 3.8) is 0 Å². The maximum absolute atomic E-state index is 12.3. The van der Waals surface area contributed by atoms with Gasteiger partial charge in [0.25, 0.3) is 0 Å². The lowest BCUT2D eigenvalue weighted by molar-refractivity contribution is 0.0471. The maximum Gasteiger partial charge on any atom is 0.342 e. The topological polar surface area (TPSA) is 102 Å². The van der Waals surface area contributed by atoms with Crippen LogP contribution >= 0.6 is 0 Å². The van der Waals surface area contributed by atoms with Crippen molar-refractivity contribution < 1.29 is 34.0 Å². The van der Waals surface area contributed by atoms with Gasteiger partial charge in [0.1, 0.15) is 17.1 Å². The quantitative estimate of drug-likeness (QED) is 0.383. The largest absolute Gasteiger partial charge is 0.507 e. The van der Waals surface area contributed by atoms with E-state index in [2.05, 4.69) is 0 Å². The minimum absolute atomic E-state index is 0.174. The summed E-state index contributed by atoms with van der Waals surface area (Å²) in [4.78, 5) is 24.7. The van der Waals surface area contributed by atoms with Crippen LogP contribution in [-0.4, -0.2) is 42.8 Å². The van der Waals surface area contributed by atoms with Crippen molar-refractivity contribution in [2.45, 2.75) is 0 Å². The molecular formula is C21H18O7. The maximum atomic E-state index is 12.3. The second-order valence-electron chi connectivity index (χ2n) is 5.91. The molecule has 2 N–H and O–H groups in total. The summed E-state index contributed by atoms with van der Waals surface area (Å²) < 4.78 is 15.3. The molecule has 0 saturated carbocycles. The smallest absolute Gasteiger partial charge is 0.342 e. The predicted octanol–water partition coefficient (Wildman–Crippen LogP) is 3.31. The van der Waals surface area contributed by atoms with E-state index in [-0.39, 0.29) is 22.6 Å². The van der Waals surface area contributed by atoms with Gasteiger partial charge in [-0.3, -0.25) is 4.79 Å². The van der Waals surface area contributed by atoms with E-state index in [1.54, 1.807) is 30.3 Å². The van der Waals surface area contributed by atoms with Gasteiger partial charge < -0.3 is 24.4 Å². The zero-order valence-electron chi connectivity index (χ0n) is 15.3. The van der Waals surface area contributed by atoms with Crippen LogP contribution in [0.5, 0.6) is 23.0 Å². The Hall–Kier alpha value is -3.74. The van der Waals surface area contributed by atoms with Crippen LogP contribution in [0.3, 0.4) is 0 Å². The number of phenols is 2. The molecule has 3 aromatic rings. The highest BCUT2D eigenvalue weighted by molar-refractivity contribution is 6.05. The van der Waals surface area contributed by atoms with E-state index < -0.39 is 18.4 Å². The van der Waals surface area contributed by atoms with Crippen LogP contribution < -0.4 is 9.47 Å². The SMILES string of the molecule is COc1ccc(C(=O)COC(=O)c2cc(O)c3ccccc3c2O)cc1OC. The molecule has 0 saturated heterocycles. The van der Waals surface area contributed by atoms with E-state index in [1.807, 2.05) is 0 Å². The highest BCUT2D eigenvalue weighted by Gasteiger charge is 2.20. The third-order valence-corrected chi connectivity index (χ3v) is 4.25. The molecule has 0 spiro atoms. The number of hydrogen-bond acceptors (Lipinski definition) is 7. The van der Waals surface area contributed by atoms with Gasteiger partial charge in [0.05, 0.1) is 14.2 Å². The van der Waals surface area contributed by atoms with Crippen molar-refractivity contribution in [1.82, 2.24) is 0 Å². The fourth-order valence-corrected chi connectivity index (χ4v) is 2.80. The van der Waals surface area contributed by atoms with Gasteiger partial charge >= 0.3 is 5.97 Å². The molecule has 28 heavy (non-hydrogen) atoms. The number of Topliss-reactive ketones (excluding diaryl/α,β-unsaturated/α-hetero) is 1. The number of benzene rings is 3. The van der Waals surface area contributed by atoms with E-state index in [0.717, 1.165) is 6.07 Å². The van der Waals surface area contributed by atoms with E-state index in [1.165, 1.54) is 26.4 Å². The van der Waals surface area contributed by atoms with Gasteiger partial charge in [-0.2, -0.15) is 0 Å². The van der Waals surface area contributed by atoms with Crippen molar-refractivity contribution in [3.8, 4) is 23.0 Å². The summed E-state index contributed by atoms with van der Waals surface area (Å²) in [6, 6.07) is 12.2. The first-order chi connectivity index (χ1) is 13.5. The number of ether oxygens (including phenoxy) is 3. The fourth-order valence-electron chi connectivity index (χ4n) is 2.80. The fraction of sp³-hybridized carbons (Fsp3) is 0.143. The number of fused-ring (bicyclic) bond motifs is 1. The first-order valence-corrected chi connectivity index (χ1v) is 8.32. The second kappa shape index (κ2) is 7.87. The van der Waals surface area contributed by atoms with Crippen LogP contribution in [0, 0.1) is 0 Å². The normalized spacial score (nSPS) is 10.5. The van der Waals surface area contributed by atoms with Crippen LogP contribution in [0.15, 0.2) is 48.5 Å². The molecule has 0 aliphatic carbocycles. The molecule has 0 heterocycles. The Labute approximate surface area is 160 Å². The monoisotopic (exact) mass is 382 g/mol. The summed E-state index contributed by atoms with van der Waals surface area (Å²) in [5, 5.41) is 21.1. The zero-order valence-corrected chi connectivity index (χ0v) is 15.3. The second-order valence-corrected chi connectivity index (χ2v) is 5.91. The third kappa shape index (κ3) is 3.55. The Kier molecular flexibility index (Phi) is 5.35. The minimum atomic E-state index is -0.924.